The number of rotatable bonds is 6. The molecule has 2 heterocycles. The van der Waals surface area contributed by atoms with Crippen LogP contribution in [-0.2, 0) is 13.1 Å². The van der Waals surface area contributed by atoms with Gasteiger partial charge in [-0.15, -0.1) is 0 Å². The third-order valence-electron chi connectivity index (χ3n) is 5.96. The summed E-state index contributed by atoms with van der Waals surface area (Å²) in [6.45, 7) is 7.93. The molecule has 3 aromatic rings. The number of hydrogen-bond acceptors (Lipinski definition) is 3. The maximum Gasteiger partial charge on any atom is 0.260 e. The minimum Gasteiger partial charge on any atom is -0.322 e. The molecule has 0 atom stereocenters. The van der Waals surface area contributed by atoms with Crippen LogP contribution in [0.25, 0.3) is 0 Å². The highest BCUT2D eigenvalue weighted by Crippen LogP contribution is 2.23. The number of nitrogens with zero attached hydrogens (tertiary/aromatic N) is 3. The fourth-order valence-electron chi connectivity index (χ4n) is 4.04. The summed E-state index contributed by atoms with van der Waals surface area (Å²) in [5.41, 5.74) is 4.14. The normalized spacial score (nSPS) is 15.2. The van der Waals surface area contributed by atoms with Crippen LogP contribution in [0.3, 0.4) is 0 Å². The third-order valence-corrected chi connectivity index (χ3v) is 6.35. The van der Waals surface area contributed by atoms with Gasteiger partial charge in [-0.1, -0.05) is 61.0 Å². The standard InChI is InChI=1S/C25H29ClN4O/c1-18-12-14-29(15-13-18)16-21-8-10-22(11-9-21)27-25(31)23-19(2)28-30(24(23)26)17-20-6-4-3-5-7-20/h3-11,18H,12-17H2,1-2H3,(H,27,31). The summed E-state index contributed by atoms with van der Waals surface area (Å²) in [4.78, 5) is 15.4. The molecule has 1 fully saturated rings. The molecular formula is C25H29ClN4O. The molecule has 0 spiro atoms. The van der Waals surface area contributed by atoms with Crippen LogP contribution in [0, 0.1) is 12.8 Å². The number of amides is 1. The van der Waals surface area contributed by atoms with Crippen LogP contribution in [0.5, 0.6) is 0 Å². The van der Waals surface area contributed by atoms with Crippen LogP contribution in [0.2, 0.25) is 5.15 Å². The van der Waals surface area contributed by atoms with E-state index in [9.17, 15) is 4.79 Å². The van der Waals surface area contributed by atoms with Gasteiger partial charge >= 0.3 is 0 Å². The van der Waals surface area contributed by atoms with Crippen molar-refractivity contribution in [1.82, 2.24) is 14.7 Å². The van der Waals surface area contributed by atoms with Gasteiger partial charge < -0.3 is 5.32 Å². The summed E-state index contributed by atoms with van der Waals surface area (Å²) in [6.07, 6.45) is 2.54. The number of aryl methyl sites for hydroxylation is 1. The number of carbonyl (C=O) groups is 1. The maximum atomic E-state index is 12.9. The van der Waals surface area contributed by atoms with E-state index in [1.54, 1.807) is 4.68 Å². The minimum absolute atomic E-state index is 0.237. The first-order chi connectivity index (χ1) is 15.0. The molecule has 0 saturated carbocycles. The average molecular weight is 437 g/mol. The van der Waals surface area contributed by atoms with Crippen molar-refractivity contribution in [1.29, 1.82) is 0 Å². The van der Waals surface area contributed by atoms with Gasteiger partial charge in [0, 0.05) is 12.2 Å². The molecule has 0 bridgehead atoms. The second-order valence-electron chi connectivity index (χ2n) is 8.50. The van der Waals surface area contributed by atoms with Gasteiger partial charge in [0.1, 0.15) is 5.15 Å². The fourth-order valence-corrected chi connectivity index (χ4v) is 4.36. The molecule has 0 aliphatic carbocycles. The predicted octanol–water partition coefficient (Wildman–Crippen LogP) is 5.38. The lowest BCUT2D eigenvalue weighted by Gasteiger charge is -2.30. The van der Waals surface area contributed by atoms with Crippen molar-refractivity contribution in [3.63, 3.8) is 0 Å². The molecule has 0 unspecified atom stereocenters. The summed E-state index contributed by atoms with van der Waals surface area (Å²) in [6, 6.07) is 18.0. The first-order valence-electron chi connectivity index (χ1n) is 10.9. The molecule has 4 rings (SSSR count). The molecule has 1 aliphatic heterocycles. The summed E-state index contributed by atoms with van der Waals surface area (Å²) < 4.78 is 1.67. The van der Waals surface area contributed by atoms with Crippen LogP contribution >= 0.6 is 11.6 Å². The van der Waals surface area contributed by atoms with Gasteiger partial charge in [0.25, 0.3) is 5.91 Å². The molecule has 2 aromatic carbocycles. The van der Waals surface area contributed by atoms with Gasteiger partial charge in [0.2, 0.25) is 0 Å². The lowest BCUT2D eigenvalue weighted by Crippen LogP contribution is -2.32. The molecule has 1 aromatic heterocycles. The monoisotopic (exact) mass is 436 g/mol. The Morgan fingerprint density at radius 2 is 1.68 bits per heavy atom. The van der Waals surface area contributed by atoms with Crippen LogP contribution in [0.1, 0.15) is 46.9 Å². The van der Waals surface area contributed by atoms with Gasteiger partial charge in [-0.2, -0.15) is 5.10 Å². The molecular weight excluding hydrogens is 408 g/mol. The van der Waals surface area contributed by atoms with E-state index in [2.05, 4.69) is 34.4 Å². The highest BCUT2D eigenvalue weighted by molar-refractivity contribution is 6.33. The van der Waals surface area contributed by atoms with Gasteiger partial charge in [-0.25, -0.2) is 4.68 Å². The maximum absolute atomic E-state index is 12.9. The summed E-state index contributed by atoms with van der Waals surface area (Å²) >= 11 is 6.52. The van der Waals surface area contributed by atoms with Crippen molar-refractivity contribution in [2.75, 3.05) is 18.4 Å². The zero-order valence-electron chi connectivity index (χ0n) is 18.1. The summed E-state index contributed by atoms with van der Waals surface area (Å²) in [5.74, 6) is 0.598. The predicted molar refractivity (Wildman–Crippen MR) is 126 cm³/mol. The van der Waals surface area contributed by atoms with E-state index < -0.39 is 0 Å². The van der Waals surface area contributed by atoms with Crippen molar-refractivity contribution in [2.24, 2.45) is 5.92 Å². The average Bonchev–Trinajstić information content (AvgIpc) is 3.05. The van der Waals surface area contributed by atoms with Crippen molar-refractivity contribution >= 4 is 23.2 Å². The van der Waals surface area contributed by atoms with E-state index >= 15 is 0 Å². The highest BCUT2D eigenvalue weighted by atomic mass is 35.5. The van der Waals surface area contributed by atoms with E-state index in [-0.39, 0.29) is 5.91 Å². The Bertz CT molecular complexity index is 1020. The Morgan fingerprint density at radius 1 is 1.03 bits per heavy atom. The number of anilines is 1. The molecule has 1 N–H and O–H groups in total. The molecule has 1 saturated heterocycles. The van der Waals surface area contributed by atoms with Gasteiger partial charge in [0.05, 0.1) is 17.8 Å². The van der Waals surface area contributed by atoms with Crippen LogP contribution in [0.15, 0.2) is 54.6 Å². The van der Waals surface area contributed by atoms with Gasteiger partial charge in [-0.05, 0) is 62.0 Å². The number of halogens is 1. The second kappa shape index (κ2) is 9.67. The van der Waals surface area contributed by atoms with Crippen LogP contribution in [0.4, 0.5) is 5.69 Å². The molecule has 31 heavy (non-hydrogen) atoms. The molecule has 1 amide bonds. The van der Waals surface area contributed by atoms with E-state index in [1.807, 2.05) is 49.4 Å². The van der Waals surface area contributed by atoms with Crippen molar-refractivity contribution in [3.05, 3.63) is 82.1 Å². The molecule has 5 nitrogen and oxygen atoms in total. The topological polar surface area (TPSA) is 50.2 Å². The smallest absolute Gasteiger partial charge is 0.260 e. The number of hydrogen-bond donors (Lipinski definition) is 1. The number of benzene rings is 2. The van der Waals surface area contributed by atoms with E-state index in [1.165, 1.54) is 18.4 Å². The minimum atomic E-state index is -0.237. The Labute approximate surface area is 189 Å². The van der Waals surface area contributed by atoms with Gasteiger partial charge in [-0.3, -0.25) is 9.69 Å². The number of nitrogens with one attached hydrogen (secondary N) is 1. The third kappa shape index (κ3) is 5.35. The molecule has 162 valence electrons. The fraction of sp³-hybridized carbons (Fsp3) is 0.360. The molecule has 6 heteroatoms. The molecule has 0 radical (unpaired) electrons. The lowest BCUT2D eigenvalue weighted by atomic mass is 9.99. The quantitative estimate of drug-likeness (QED) is 0.564. The SMILES string of the molecule is Cc1nn(Cc2ccccc2)c(Cl)c1C(=O)Nc1ccc(CN2CCC(C)CC2)cc1. The lowest BCUT2D eigenvalue weighted by molar-refractivity contribution is 0.102. The number of aromatic nitrogens is 2. The zero-order chi connectivity index (χ0) is 21.8. The first kappa shape index (κ1) is 21.6. The van der Waals surface area contributed by atoms with Crippen molar-refractivity contribution in [2.45, 2.75) is 39.8 Å². The van der Waals surface area contributed by atoms with Crippen LogP contribution in [-0.4, -0.2) is 33.7 Å². The largest absolute Gasteiger partial charge is 0.322 e. The zero-order valence-corrected chi connectivity index (χ0v) is 18.9. The number of carbonyl (C=O) groups excluding carboxylic acids is 1. The number of piperidine rings is 1. The Balaban J connectivity index is 1.40. The van der Waals surface area contributed by atoms with Crippen molar-refractivity contribution < 1.29 is 4.79 Å². The van der Waals surface area contributed by atoms with E-state index in [0.717, 1.165) is 36.8 Å². The summed E-state index contributed by atoms with van der Waals surface area (Å²) in [5, 5.41) is 7.79. The highest BCUT2D eigenvalue weighted by Gasteiger charge is 2.21. The first-order valence-corrected chi connectivity index (χ1v) is 11.3. The summed E-state index contributed by atoms with van der Waals surface area (Å²) in [7, 11) is 0. The Morgan fingerprint density at radius 3 is 2.35 bits per heavy atom. The van der Waals surface area contributed by atoms with E-state index in [0.29, 0.717) is 23.0 Å². The van der Waals surface area contributed by atoms with E-state index in [4.69, 9.17) is 11.6 Å². The Hall–Kier alpha value is -2.63. The van der Waals surface area contributed by atoms with Crippen molar-refractivity contribution in [3.8, 4) is 0 Å². The number of likely N-dealkylation sites (tertiary alicyclic amines) is 1. The van der Waals surface area contributed by atoms with Gasteiger partial charge in [0.15, 0.2) is 0 Å². The Kier molecular flexibility index (Phi) is 6.73. The second-order valence-corrected chi connectivity index (χ2v) is 8.86. The van der Waals surface area contributed by atoms with Crippen LogP contribution < -0.4 is 5.32 Å². The molecule has 1 aliphatic rings.